The van der Waals surface area contributed by atoms with Crippen molar-refractivity contribution in [2.24, 2.45) is 11.8 Å². The number of thioether (sulfide) groups is 1. The Morgan fingerprint density at radius 2 is 1.79 bits per heavy atom. The van der Waals surface area contributed by atoms with E-state index in [4.69, 9.17) is 0 Å². The molecule has 0 spiro atoms. The van der Waals surface area contributed by atoms with Crippen molar-refractivity contribution >= 4 is 11.8 Å². The molecule has 0 aromatic heterocycles. The van der Waals surface area contributed by atoms with Crippen LogP contribution < -0.4 is 5.32 Å². The Balaban J connectivity index is 3.21. The van der Waals surface area contributed by atoms with Gasteiger partial charge in [-0.25, -0.2) is 0 Å². The second-order valence-corrected chi connectivity index (χ2v) is 5.72. The minimum atomic E-state index is 0.652. The van der Waals surface area contributed by atoms with Gasteiger partial charge in [-0.15, -0.1) is 0 Å². The third-order valence-electron chi connectivity index (χ3n) is 2.81. The van der Waals surface area contributed by atoms with Crippen LogP contribution in [0.5, 0.6) is 0 Å². The van der Waals surface area contributed by atoms with Gasteiger partial charge in [0.15, 0.2) is 0 Å². The van der Waals surface area contributed by atoms with Gasteiger partial charge in [0.1, 0.15) is 0 Å². The second-order valence-electron chi connectivity index (χ2n) is 4.58. The highest BCUT2D eigenvalue weighted by Crippen LogP contribution is 2.10. The fourth-order valence-electron chi connectivity index (χ4n) is 0.997. The van der Waals surface area contributed by atoms with Crippen LogP contribution in [-0.4, -0.2) is 24.1 Å². The van der Waals surface area contributed by atoms with Gasteiger partial charge in [-0.3, -0.25) is 0 Å². The monoisotopic (exact) mass is 217 g/mol. The van der Waals surface area contributed by atoms with Crippen molar-refractivity contribution in [1.29, 1.82) is 0 Å². The van der Waals surface area contributed by atoms with Gasteiger partial charge in [0.25, 0.3) is 0 Å². The summed E-state index contributed by atoms with van der Waals surface area (Å²) in [6.45, 7) is 12.6. The van der Waals surface area contributed by atoms with E-state index < -0.39 is 0 Å². The molecule has 2 atom stereocenters. The van der Waals surface area contributed by atoms with Crippen LogP contribution in [0.1, 0.15) is 41.0 Å². The molecule has 86 valence electrons. The smallest absolute Gasteiger partial charge is 0.00620 e. The summed E-state index contributed by atoms with van der Waals surface area (Å²) in [5.41, 5.74) is 0. The Morgan fingerprint density at radius 3 is 2.29 bits per heavy atom. The standard InChI is InChI=1S/C12H27NS/c1-6-11(4)9-14-8-7-13-12(5)10(2)3/h10-13H,6-9H2,1-5H3. The first kappa shape index (κ1) is 14.3. The number of nitrogens with one attached hydrogen (secondary N) is 1. The van der Waals surface area contributed by atoms with Gasteiger partial charge in [0.05, 0.1) is 0 Å². The van der Waals surface area contributed by atoms with E-state index in [9.17, 15) is 0 Å². The highest BCUT2D eigenvalue weighted by molar-refractivity contribution is 7.99. The van der Waals surface area contributed by atoms with Crippen molar-refractivity contribution in [3.05, 3.63) is 0 Å². The fraction of sp³-hybridized carbons (Fsp3) is 1.00. The normalized spacial score (nSPS) is 15.9. The third-order valence-corrected chi connectivity index (χ3v) is 4.11. The lowest BCUT2D eigenvalue weighted by molar-refractivity contribution is 0.438. The van der Waals surface area contributed by atoms with Crippen LogP contribution in [0.2, 0.25) is 0 Å². The lowest BCUT2D eigenvalue weighted by Crippen LogP contribution is -2.32. The zero-order valence-electron chi connectivity index (χ0n) is 10.5. The van der Waals surface area contributed by atoms with E-state index in [-0.39, 0.29) is 0 Å². The minimum Gasteiger partial charge on any atom is -0.313 e. The molecule has 2 unspecified atom stereocenters. The second kappa shape index (κ2) is 8.60. The third kappa shape index (κ3) is 7.69. The molecule has 1 nitrogen and oxygen atoms in total. The summed E-state index contributed by atoms with van der Waals surface area (Å²) in [5.74, 6) is 4.19. The topological polar surface area (TPSA) is 12.0 Å². The van der Waals surface area contributed by atoms with Crippen molar-refractivity contribution in [2.45, 2.75) is 47.1 Å². The van der Waals surface area contributed by atoms with Crippen molar-refractivity contribution < 1.29 is 0 Å². The Bertz CT molecular complexity index is 125. The molecule has 0 fully saturated rings. The van der Waals surface area contributed by atoms with E-state index in [0.717, 1.165) is 18.4 Å². The first-order valence-electron chi connectivity index (χ1n) is 5.89. The van der Waals surface area contributed by atoms with Crippen molar-refractivity contribution in [3.8, 4) is 0 Å². The molecule has 2 heteroatoms. The van der Waals surface area contributed by atoms with Crippen molar-refractivity contribution in [2.75, 3.05) is 18.1 Å². The van der Waals surface area contributed by atoms with Gasteiger partial charge in [-0.2, -0.15) is 11.8 Å². The van der Waals surface area contributed by atoms with Gasteiger partial charge in [-0.05, 0) is 24.5 Å². The Labute approximate surface area is 94.4 Å². The summed E-state index contributed by atoms with van der Waals surface area (Å²) in [6, 6.07) is 0.652. The maximum atomic E-state index is 3.55. The summed E-state index contributed by atoms with van der Waals surface area (Å²) in [6.07, 6.45) is 1.31. The highest BCUT2D eigenvalue weighted by atomic mass is 32.2. The van der Waals surface area contributed by atoms with Gasteiger partial charge >= 0.3 is 0 Å². The maximum Gasteiger partial charge on any atom is 0.00620 e. The van der Waals surface area contributed by atoms with E-state index in [1.165, 1.54) is 17.9 Å². The van der Waals surface area contributed by atoms with Crippen LogP contribution in [0.25, 0.3) is 0 Å². The molecule has 0 aromatic carbocycles. The molecule has 1 N–H and O–H groups in total. The quantitative estimate of drug-likeness (QED) is 0.625. The van der Waals surface area contributed by atoms with Gasteiger partial charge in [0.2, 0.25) is 0 Å². The zero-order chi connectivity index (χ0) is 11.0. The summed E-state index contributed by atoms with van der Waals surface area (Å²) >= 11 is 2.08. The van der Waals surface area contributed by atoms with E-state index in [2.05, 4.69) is 51.7 Å². The average Bonchev–Trinajstić information content (AvgIpc) is 2.16. The summed E-state index contributed by atoms with van der Waals surface area (Å²) in [4.78, 5) is 0. The molecule has 0 aliphatic rings. The molecule has 0 aliphatic carbocycles. The average molecular weight is 217 g/mol. The van der Waals surface area contributed by atoms with Gasteiger partial charge in [0, 0.05) is 18.3 Å². The SMILES string of the molecule is CCC(C)CSCCNC(C)C(C)C. The van der Waals surface area contributed by atoms with E-state index in [1.807, 2.05) is 0 Å². The predicted molar refractivity (Wildman–Crippen MR) is 69.1 cm³/mol. The fourth-order valence-corrected chi connectivity index (χ4v) is 2.06. The minimum absolute atomic E-state index is 0.652. The summed E-state index contributed by atoms with van der Waals surface area (Å²) in [5, 5.41) is 3.55. The van der Waals surface area contributed by atoms with Crippen molar-refractivity contribution in [1.82, 2.24) is 5.32 Å². The predicted octanol–water partition coefficient (Wildman–Crippen LogP) is 3.40. The van der Waals surface area contributed by atoms with Crippen LogP contribution in [0, 0.1) is 11.8 Å². The van der Waals surface area contributed by atoms with Crippen LogP contribution in [0.3, 0.4) is 0 Å². The molecular weight excluding hydrogens is 190 g/mol. The number of hydrogen-bond donors (Lipinski definition) is 1. The van der Waals surface area contributed by atoms with Crippen molar-refractivity contribution in [3.63, 3.8) is 0 Å². The molecule has 0 saturated carbocycles. The Kier molecular flexibility index (Phi) is 8.80. The van der Waals surface area contributed by atoms with Crippen LogP contribution in [-0.2, 0) is 0 Å². The molecule has 0 aromatic rings. The molecule has 0 radical (unpaired) electrons. The molecule has 0 rings (SSSR count). The van der Waals surface area contributed by atoms with E-state index in [0.29, 0.717) is 6.04 Å². The molecule has 0 heterocycles. The zero-order valence-corrected chi connectivity index (χ0v) is 11.3. The lowest BCUT2D eigenvalue weighted by atomic mass is 10.1. The Morgan fingerprint density at radius 1 is 1.14 bits per heavy atom. The number of rotatable bonds is 8. The first-order chi connectivity index (χ1) is 6.57. The van der Waals surface area contributed by atoms with Crippen LogP contribution in [0.15, 0.2) is 0 Å². The molecule has 0 aliphatic heterocycles. The highest BCUT2D eigenvalue weighted by Gasteiger charge is 2.05. The van der Waals surface area contributed by atoms with Gasteiger partial charge < -0.3 is 5.32 Å². The molecule has 0 amide bonds. The molecule has 14 heavy (non-hydrogen) atoms. The number of hydrogen-bond acceptors (Lipinski definition) is 2. The first-order valence-corrected chi connectivity index (χ1v) is 7.04. The molecular formula is C12H27NS. The maximum absolute atomic E-state index is 3.55. The van der Waals surface area contributed by atoms with E-state index in [1.54, 1.807) is 0 Å². The lowest BCUT2D eigenvalue weighted by Gasteiger charge is -2.17. The summed E-state index contributed by atoms with van der Waals surface area (Å²) < 4.78 is 0. The van der Waals surface area contributed by atoms with Crippen LogP contribution >= 0.6 is 11.8 Å². The molecule has 0 bridgehead atoms. The van der Waals surface area contributed by atoms with Crippen LogP contribution in [0.4, 0.5) is 0 Å². The largest absolute Gasteiger partial charge is 0.313 e. The Hall–Kier alpha value is 0.310. The molecule has 0 saturated heterocycles. The van der Waals surface area contributed by atoms with E-state index >= 15 is 0 Å². The van der Waals surface area contributed by atoms with Gasteiger partial charge in [-0.1, -0.05) is 34.1 Å². The summed E-state index contributed by atoms with van der Waals surface area (Å²) in [7, 11) is 0.